The number of hydrogen-bond donors (Lipinski definition) is 0. The molecule has 0 N–H and O–H groups in total. The third kappa shape index (κ3) is 3.13. The van der Waals surface area contributed by atoms with E-state index >= 15 is 0 Å². The molecule has 0 radical (unpaired) electrons. The number of allylic oxidation sites excluding steroid dienone is 1. The molecule has 1 aromatic carbocycles. The molecular formula is C21H27NO2S. The van der Waals surface area contributed by atoms with Gasteiger partial charge in [-0.3, -0.25) is 4.90 Å². The molecule has 1 aliphatic carbocycles. The predicted octanol–water partition coefficient (Wildman–Crippen LogP) is 4.46. The Morgan fingerprint density at radius 2 is 2.04 bits per heavy atom. The van der Waals surface area contributed by atoms with Crippen LogP contribution in [0.2, 0.25) is 0 Å². The average molecular weight is 358 g/mol. The molecule has 3 heterocycles. The van der Waals surface area contributed by atoms with E-state index in [0.717, 1.165) is 43.5 Å². The molecule has 1 saturated heterocycles. The lowest BCUT2D eigenvalue weighted by molar-refractivity contribution is -0.231. The van der Waals surface area contributed by atoms with Gasteiger partial charge in [0.2, 0.25) is 5.79 Å². The highest BCUT2D eigenvalue weighted by Gasteiger charge is 2.42. The van der Waals surface area contributed by atoms with Gasteiger partial charge in [0.05, 0.1) is 6.61 Å². The molecule has 0 unspecified atom stereocenters. The number of rotatable bonds is 2. The van der Waals surface area contributed by atoms with Crippen LogP contribution >= 0.6 is 11.8 Å². The van der Waals surface area contributed by atoms with Crippen molar-refractivity contribution in [1.29, 1.82) is 0 Å². The lowest BCUT2D eigenvalue weighted by Crippen LogP contribution is -2.54. The van der Waals surface area contributed by atoms with E-state index in [1.807, 2.05) is 11.8 Å². The maximum absolute atomic E-state index is 6.41. The fourth-order valence-electron chi connectivity index (χ4n) is 4.45. The number of hydrogen-bond acceptors (Lipinski definition) is 4. The van der Waals surface area contributed by atoms with Gasteiger partial charge in [-0.1, -0.05) is 18.6 Å². The van der Waals surface area contributed by atoms with Gasteiger partial charge in [-0.15, -0.1) is 0 Å². The first-order chi connectivity index (χ1) is 12.3. The molecule has 0 amide bonds. The van der Waals surface area contributed by atoms with Gasteiger partial charge in [0.15, 0.2) is 0 Å². The van der Waals surface area contributed by atoms with Gasteiger partial charge >= 0.3 is 0 Å². The first-order valence-corrected chi connectivity index (χ1v) is 10.9. The van der Waals surface area contributed by atoms with Crippen LogP contribution in [0.4, 0.5) is 0 Å². The van der Waals surface area contributed by atoms with Crippen molar-refractivity contribution in [1.82, 2.24) is 4.90 Å². The monoisotopic (exact) mass is 357 g/mol. The molecule has 3 aliphatic heterocycles. The third-order valence-corrected chi connectivity index (χ3v) is 7.23. The lowest BCUT2D eigenvalue weighted by atomic mass is 9.89. The summed E-state index contributed by atoms with van der Waals surface area (Å²) in [5.41, 5.74) is 4.04. The molecular weight excluding hydrogens is 330 g/mol. The van der Waals surface area contributed by atoms with Crippen molar-refractivity contribution in [2.45, 2.75) is 57.0 Å². The fourth-order valence-corrected chi connectivity index (χ4v) is 5.30. The van der Waals surface area contributed by atoms with Gasteiger partial charge in [0, 0.05) is 43.3 Å². The summed E-state index contributed by atoms with van der Waals surface area (Å²) in [6.45, 7) is 2.92. The Hall–Kier alpha value is -0.970. The highest BCUT2D eigenvalue weighted by atomic mass is 32.2. The van der Waals surface area contributed by atoms with E-state index in [2.05, 4.69) is 29.2 Å². The van der Waals surface area contributed by atoms with Crippen LogP contribution in [0.1, 0.15) is 49.7 Å². The normalized spacial score (nSPS) is 26.5. The summed E-state index contributed by atoms with van der Waals surface area (Å²) in [5, 5.41) is 0. The molecule has 0 bridgehead atoms. The predicted molar refractivity (Wildman–Crippen MR) is 103 cm³/mol. The van der Waals surface area contributed by atoms with Crippen molar-refractivity contribution < 1.29 is 9.47 Å². The van der Waals surface area contributed by atoms with Gasteiger partial charge in [0.1, 0.15) is 5.75 Å². The Morgan fingerprint density at radius 3 is 2.76 bits per heavy atom. The van der Waals surface area contributed by atoms with Crippen LogP contribution in [-0.4, -0.2) is 41.3 Å². The molecule has 5 rings (SSSR count). The highest BCUT2D eigenvalue weighted by Crippen LogP contribution is 2.40. The largest absolute Gasteiger partial charge is 0.462 e. The van der Waals surface area contributed by atoms with E-state index in [-0.39, 0.29) is 5.79 Å². The minimum atomic E-state index is -0.379. The maximum Gasteiger partial charge on any atom is 0.213 e. The quantitative estimate of drug-likeness (QED) is 0.779. The molecule has 134 valence electrons. The summed E-state index contributed by atoms with van der Waals surface area (Å²) < 4.78 is 12.7. The van der Waals surface area contributed by atoms with Crippen LogP contribution in [0.3, 0.4) is 0 Å². The van der Waals surface area contributed by atoms with Gasteiger partial charge in [-0.25, -0.2) is 0 Å². The van der Waals surface area contributed by atoms with Crippen molar-refractivity contribution >= 4 is 17.3 Å². The average Bonchev–Trinajstić information content (AvgIpc) is 2.63. The zero-order chi connectivity index (χ0) is 16.7. The van der Waals surface area contributed by atoms with E-state index in [1.54, 1.807) is 0 Å². The number of benzene rings is 1. The SMILES string of the molecule is C1=C(c2ccc3c(c2)COC2(CCN(C4CCC4)CC2)O3)CCSC1. The van der Waals surface area contributed by atoms with E-state index in [0.29, 0.717) is 6.61 Å². The fraction of sp³-hybridized carbons (Fsp3) is 0.619. The summed E-state index contributed by atoms with van der Waals surface area (Å²) in [5.74, 6) is 3.03. The molecule has 2 fully saturated rings. The van der Waals surface area contributed by atoms with E-state index in [9.17, 15) is 0 Å². The van der Waals surface area contributed by atoms with Crippen molar-refractivity contribution in [3.05, 3.63) is 35.4 Å². The van der Waals surface area contributed by atoms with Crippen molar-refractivity contribution in [2.75, 3.05) is 24.6 Å². The van der Waals surface area contributed by atoms with E-state index in [4.69, 9.17) is 9.47 Å². The van der Waals surface area contributed by atoms with Crippen molar-refractivity contribution in [2.24, 2.45) is 0 Å². The zero-order valence-electron chi connectivity index (χ0n) is 14.8. The molecule has 25 heavy (non-hydrogen) atoms. The number of likely N-dealkylation sites (tertiary alicyclic amines) is 1. The number of ether oxygens (including phenoxy) is 2. The second-order valence-electron chi connectivity index (χ2n) is 7.80. The van der Waals surface area contributed by atoms with E-state index < -0.39 is 0 Å². The first kappa shape index (κ1) is 16.2. The second-order valence-corrected chi connectivity index (χ2v) is 8.95. The highest BCUT2D eigenvalue weighted by molar-refractivity contribution is 7.99. The second kappa shape index (κ2) is 6.64. The number of fused-ring (bicyclic) bond motifs is 1. The number of piperidine rings is 1. The molecule has 4 aliphatic rings. The summed E-state index contributed by atoms with van der Waals surface area (Å²) in [6.07, 6.45) is 9.71. The Labute approximate surface area is 154 Å². The number of thioether (sulfide) groups is 1. The number of nitrogens with zero attached hydrogens (tertiary/aromatic N) is 1. The molecule has 1 aromatic rings. The third-order valence-electron chi connectivity index (χ3n) is 6.33. The van der Waals surface area contributed by atoms with Gasteiger partial charge < -0.3 is 9.47 Å². The zero-order valence-corrected chi connectivity index (χ0v) is 15.7. The van der Waals surface area contributed by atoms with Crippen LogP contribution in [0, 0.1) is 0 Å². The van der Waals surface area contributed by atoms with Crippen LogP contribution < -0.4 is 4.74 Å². The minimum absolute atomic E-state index is 0.379. The minimum Gasteiger partial charge on any atom is -0.462 e. The van der Waals surface area contributed by atoms with Crippen LogP contribution in [0.25, 0.3) is 5.57 Å². The topological polar surface area (TPSA) is 21.7 Å². The van der Waals surface area contributed by atoms with Gasteiger partial charge in [-0.2, -0.15) is 11.8 Å². The molecule has 0 atom stereocenters. The smallest absolute Gasteiger partial charge is 0.213 e. The summed E-state index contributed by atoms with van der Waals surface area (Å²) in [4.78, 5) is 2.65. The van der Waals surface area contributed by atoms with Crippen LogP contribution in [0.5, 0.6) is 5.75 Å². The molecule has 1 spiro atoms. The Morgan fingerprint density at radius 1 is 1.16 bits per heavy atom. The van der Waals surface area contributed by atoms with Crippen molar-refractivity contribution in [3.8, 4) is 5.75 Å². The van der Waals surface area contributed by atoms with Gasteiger partial charge in [-0.05, 0) is 48.3 Å². The maximum atomic E-state index is 6.41. The molecule has 0 aromatic heterocycles. The Kier molecular flexibility index (Phi) is 4.31. The first-order valence-electron chi connectivity index (χ1n) is 9.78. The van der Waals surface area contributed by atoms with Crippen LogP contribution in [0.15, 0.2) is 24.3 Å². The summed E-state index contributed by atoms with van der Waals surface area (Å²) in [7, 11) is 0. The van der Waals surface area contributed by atoms with Crippen LogP contribution in [-0.2, 0) is 11.3 Å². The summed E-state index contributed by atoms with van der Waals surface area (Å²) in [6, 6.07) is 7.53. The lowest BCUT2D eigenvalue weighted by Gasteiger charge is -2.47. The summed E-state index contributed by atoms with van der Waals surface area (Å²) >= 11 is 2.01. The van der Waals surface area contributed by atoms with Crippen molar-refractivity contribution in [3.63, 3.8) is 0 Å². The molecule has 4 heteroatoms. The standard InChI is InChI=1S/C21H27NO2S/c1-2-19(3-1)22-10-8-21(9-11-22)23-15-18-14-17(4-5-20(18)24-21)16-6-12-25-13-7-16/h4-6,14,19H,1-3,7-13,15H2. The Bertz CT molecular complexity index is 674. The van der Waals surface area contributed by atoms with Gasteiger partial charge in [0.25, 0.3) is 0 Å². The molecule has 1 saturated carbocycles. The molecule has 3 nitrogen and oxygen atoms in total. The van der Waals surface area contributed by atoms with E-state index in [1.165, 1.54) is 48.1 Å². The Balaban J connectivity index is 1.29.